The molecule has 0 unspecified atom stereocenters. The second-order valence-electron chi connectivity index (χ2n) is 5.98. The molecule has 0 saturated carbocycles. The molecule has 0 aromatic heterocycles. The molecule has 28 heavy (non-hydrogen) atoms. The van der Waals surface area contributed by atoms with Gasteiger partial charge in [-0.05, 0) is 29.8 Å². The van der Waals surface area contributed by atoms with Crippen LogP contribution in [0, 0.1) is 0 Å². The largest absolute Gasteiger partial charge is 0.543 e. The average Bonchev–Trinajstić information content (AvgIpc) is 2.74. The van der Waals surface area contributed by atoms with Crippen molar-refractivity contribution in [2.45, 2.75) is 6.61 Å². The maximum Gasteiger partial charge on any atom is 0.255 e. The van der Waals surface area contributed by atoms with E-state index < -0.39 is 11.9 Å². The first-order chi connectivity index (χ1) is 13.6. The van der Waals surface area contributed by atoms with Gasteiger partial charge in [0.15, 0.2) is 0 Å². The fourth-order valence-corrected chi connectivity index (χ4v) is 2.55. The molecule has 0 aliphatic rings. The minimum absolute atomic E-state index is 0.336. The van der Waals surface area contributed by atoms with Gasteiger partial charge in [-0.15, -0.1) is 0 Å². The van der Waals surface area contributed by atoms with Gasteiger partial charge in [0.05, 0.1) is 11.7 Å². The zero-order chi connectivity index (χ0) is 19.8. The number of hydrogen-bond donors (Lipinski definition) is 1. The Morgan fingerprint density at radius 3 is 2.14 bits per heavy atom. The van der Waals surface area contributed by atoms with E-state index in [1.165, 1.54) is 6.08 Å². The van der Waals surface area contributed by atoms with Gasteiger partial charge in [0.2, 0.25) is 0 Å². The molecule has 0 aliphatic carbocycles. The third-order valence-electron chi connectivity index (χ3n) is 3.96. The number of benzene rings is 3. The molecule has 1 amide bonds. The molecular formula is C23H18NO4-. The first-order valence-electron chi connectivity index (χ1n) is 8.68. The lowest BCUT2D eigenvalue weighted by Crippen LogP contribution is -2.35. The van der Waals surface area contributed by atoms with Gasteiger partial charge in [-0.2, -0.15) is 0 Å². The van der Waals surface area contributed by atoms with Crippen molar-refractivity contribution in [3.05, 3.63) is 107 Å². The topological polar surface area (TPSA) is 78.5 Å². The number of amides is 1. The maximum atomic E-state index is 12.3. The summed E-state index contributed by atoms with van der Waals surface area (Å²) >= 11 is 0. The minimum Gasteiger partial charge on any atom is -0.543 e. The molecule has 0 radical (unpaired) electrons. The first kappa shape index (κ1) is 18.9. The van der Waals surface area contributed by atoms with Crippen molar-refractivity contribution < 1.29 is 19.4 Å². The highest BCUT2D eigenvalue weighted by molar-refractivity contribution is 6.02. The summed E-state index contributed by atoms with van der Waals surface area (Å²) in [5, 5.41) is 13.9. The van der Waals surface area contributed by atoms with Gasteiger partial charge >= 0.3 is 0 Å². The van der Waals surface area contributed by atoms with Gasteiger partial charge in [-0.3, -0.25) is 4.79 Å². The molecule has 0 heterocycles. The second-order valence-corrected chi connectivity index (χ2v) is 5.98. The third kappa shape index (κ3) is 5.08. The number of nitrogens with one attached hydrogen (secondary N) is 1. The van der Waals surface area contributed by atoms with E-state index in [1.54, 1.807) is 54.6 Å². The van der Waals surface area contributed by atoms with Crippen LogP contribution in [0.4, 0.5) is 0 Å². The second kappa shape index (κ2) is 9.19. The van der Waals surface area contributed by atoms with Crippen molar-refractivity contribution in [2.75, 3.05) is 0 Å². The fourth-order valence-electron chi connectivity index (χ4n) is 2.55. The standard InChI is InChI=1S/C23H19NO4/c25-22(18-11-5-2-6-12-18)24-20(23(26)27)15-19-13-7-8-14-21(19)28-16-17-9-3-1-4-10-17/h1-15H,16H2,(H,24,25)(H,26,27)/p-1/b20-15+. The number of aliphatic carboxylic acids is 1. The van der Waals surface area contributed by atoms with Crippen LogP contribution in [0.15, 0.2) is 90.6 Å². The molecule has 5 heteroatoms. The first-order valence-corrected chi connectivity index (χ1v) is 8.68. The lowest BCUT2D eigenvalue weighted by atomic mass is 10.1. The van der Waals surface area contributed by atoms with Crippen LogP contribution in [-0.2, 0) is 11.4 Å². The highest BCUT2D eigenvalue weighted by Crippen LogP contribution is 2.22. The highest BCUT2D eigenvalue weighted by atomic mass is 16.5. The molecule has 5 nitrogen and oxygen atoms in total. The summed E-state index contributed by atoms with van der Waals surface area (Å²) in [6.45, 7) is 0.336. The van der Waals surface area contributed by atoms with Crippen LogP contribution in [0.3, 0.4) is 0 Å². The summed E-state index contributed by atoms with van der Waals surface area (Å²) < 4.78 is 5.82. The SMILES string of the molecule is O=C([O-])/C(=C\c1ccccc1OCc1ccccc1)NC(=O)c1ccccc1. The Morgan fingerprint density at radius 1 is 0.857 bits per heavy atom. The van der Waals surface area contributed by atoms with Crippen LogP contribution in [-0.4, -0.2) is 11.9 Å². The number of para-hydroxylation sites is 1. The molecule has 0 atom stereocenters. The molecule has 0 fully saturated rings. The van der Waals surface area contributed by atoms with Crippen LogP contribution in [0.25, 0.3) is 6.08 Å². The Balaban J connectivity index is 1.81. The van der Waals surface area contributed by atoms with E-state index in [4.69, 9.17) is 4.74 Å². The Labute approximate surface area is 162 Å². The van der Waals surface area contributed by atoms with Crippen molar-refractivity contribution >= 4 is 18.0 Å². The van der Waals surface area contributed by atoms with E-state index in [-0.39, 0.29) is 5.70 Å². The Kier molecular flexibility index (Phi) is 6.21. The molecule has 140 valence electrons. The van der Waals surface area contributed by atoms with Crippen LogP contribution in [0.5, 0.6) is 5.75 Å². The monoisotopic (exact) mass is 372 g/mol. The zero-order valence-electron chi connectivity index (χ0n) is 15.0. The van der Waals surface area contributed by atoms with Crippen LogP contribution < -0.4 is 15.2 Å². The van der Waals surface area contributed by atoms with Gasteiger partial charge < -0.3 is 20.0 Å². The molecule has 0 aliphatic heterocycles. The minimum atomic E-state index is -1.48. The Morgan fingerprint density at radius 2 is 1.46 bits per heavy atom. The third-order valence-corrected chi connectivity index (χ3v) is 3.96. The number of carboxylic acid groups (broad SMARTS) is 1. The number of ether oxygens (including phenoxy) is 1. The zero-order valence-corrected chi connectivity index (χ0v) is 15.0. The molecule has 3 aromatic carbocycles. The van der Waals surface area contributed by atoms with Crippen molar-refractivity contribution in [2.24, 2.45) is 0 Å². The summed E-state index contributed by atoms with van der Waals surface area (Å²) in [4.78, 5) is 23.8. The summed E-state index contributed by atoms with van der Waals surface area (Å²) in [5.74, 6) is -1.51. The molecule has 3 aromatic rings. The number of carbonyl (C=O) groups excluding carboxylic acids is 2. The average molecular weight is 372 g/mol. The smallest absolute Gasteiger partial charge is 0.255 e. The quantitative estimate of drug-likeness (QED) is 0.647. The normalized spacial score (nSPS) is 10.9. The van der Waals surface area contributed by atoms with E-state index in [9.17, 15) is 14.7 Å². The van der Waals surface area contributed by atoms with Crippen LogP contribution in [0.1, 0.15) is 21.5 Å². The lowest BCUT2D eigenvalue weighted by molar-refractivity contribution is -0.299. The van der Waals surface area contributed by atoms with E-state index in [0.717, 1.165) is 5.56 Å². The van der Waals surface area contributed by atoms with Crippen LogP contribution >= 0.6 is 0 Å². The Hall–Kier alpha value is -3.86. The number of carbonyl (C=O) groups is 2. The van der Waals surface area contributed by atoms with Crippen molar-refractivity contribution in [3.8, 4) is 5.75 Å². The van der Waals surface area contributed by atoms with Gasteiger partial charge in [0.1, 0.15) is 12.4 Å². The van der Waals surface area contributed by atoms with Gasteiger partial charge in [-0.25, -0.2) is 0 Å². The number of rotatable bonds is 7. The number of hydrogen-bond acceptors (Lipinski definition) is 4. The van der Waals surface area contributed by atoms with Crippen molar-refractivity contribution in [1.82, 2.24) is 5.32 Å². The highest BCUT2D eigenvalue weighted by Gasteiger charge is 2.10. The van der Waals surface area contributed by atoms with E-state index >= 15 is 0 Å². The van der Waals surface area contributed by atoms with E-state index in [0.29, 0.717) is 23.5 Å². The maximum absolute atomic E-state index is 12.3. The van der Waals surface area contributed by atoms with Crippen molar-refractivity contribution in [1.29, 1.82) is 0 Å². The predicted octanol–water partition coefficient (Wildman–Crippen LogP) is 2.79. The van der Waals surface area contributed by atoms with Crippen molar-refractivity contribution in [3.63, 3.8) is 0 Å². The van der Waals surface area contributed by atoms with Gasteiger partial charge in [-0.1, -0.05) is 66.7 Å². The van der Waals surface area contributed by atoms with E-state index in [1.807, 2.05) is 30.3 Å². The summed E-state index contributed by atoms with van der Waals surface area (Å²) in [6, 6.07) is 25.0. The molecular weight excluding hydrogens is 354 g/mol. The molecule has 0 spiro atoms. The summed E-state index contributed by atoms with van der Waals surface area (Å²) in [7, 11) is 0. The van der Waals surface area contributed by atoms with Gasteiger partial charge in [0, 0.05) is 11.1 Å². The Bertz CT molecular complexity index is 982. The number of carboxylic acids is 1. The summed E-state index contributed by atoms with van der Waals surface area (Å²) in [6.07, 6.45) is 1.33. The predicted molar refractivity (Wildman–Crippen MR) is 104 cm³/mol. The van der Waals surface area contributed by atoms with E-state index in [2.05, 4.69) is 5.32 Å². The molecule has 3 rings (SSSR count). The molecule has 0 saturated heterocycles. The lowest BCUT2D eigenvalue weighted by Gasteiger charge is -2.13. The summed E-state index contributed by atoms with van der Waals surface area (Å²) in [5.41, 5.74) is 1.51. The van der Waals surface area contributed by atoms with Gasteiger partial charge in [0.25, 0.3) is 5.91 Å². The molecule has 1 N–H and O–H groups in total. The fraction of sp³-hybridized carbons (Fsp3) is 0.0435. The molecule has 0 bridgehead atoms. The van der Waals surface area contributed by atoms with Crippen LogP contribution in [0.2, 0.25) is 0 Å².